The Morgan fingerprint density at radius 3 is 3.21 bits per heavy atom. The molecule has 2 rings (SSSR count). The summed E-state index contributed by atoms with van der Waals surface area (Å²) in [5, 5.41) is 0.877. The molecule has 0 radical (unpaired) electrons. The fourth-order valence-electron chi connectivity index (χ4n) is 1.59. The summed E-state index contributed by atoms with van der Waals surface area (Å²) in [4.78, 5) is 16.3. The molecule has 0 spiro atoms. The minimum Gasteiger partial charge on any atom is -0.287 e. The van der Waals surface area contributed by atoms with E-state index in [1.807, 2.05) is 0 Å². The largest absolute Gasteiger partial charge is 0.287 e. The first-order chi connectivity index (χ1) is 6.74. The van der Waals surface area contributed by atoms with E-state index in [4.69, 9.17) is 0 Å². The highest BCUT2D eigenvalue weighted by Crippen LogP contribution is 2.22. The normalized spacial score (nSPS) is 16.7. The average Bonchev–Trinajstić information content (AvgIpc) is 2.66. The monoisotopic (exact) mass is 210 g/mol. The van der Waals surface area contributed by atoms with E-state index in [9.17, 15) is 4.79 Å². The van der Waals surface area contributed by atoms with E-state index >= 15 is 0 Å². The minimum atomic E-state index is 0.161. The molecule has 4 heteroatoms. The zero-order valence-electron chi connectivity index (χ0n) is 8.49. The van der Waals surface area contributed by atoms with Gasteiger partial charge in [-0.15, -0.1) is 0 Å². The Hall–Kier alpha value is -0.770. The zero-order valence-corrected chi connectivity index (χ0v) is 9.30. The van der Waals surface area contributed by atoms with Gasteiger partial charge in [0.2, 0.25) is 0 Å². The molecule has 0 N–H and O–H groups in total. The molecule has 1 aromatic rings. The van der Waals surface area contributed by atoms with Gasteiger partial charge >= 0.3 is 0 Å². The molecule has 1 aliphatic rings. The molecule has 0 amide bonds. The van der Waals surface area contributed by atoms with Crippen LogP contribution in [-0.4, -0.2) is 15.3 Å². The molecule has 1 unspecified atom stereocenters. The Morgan fingerprint density at radius 1 is 1.71 bits per heavy atom. The summed E-state index contributed by atoms with van der Waals surface area (Å²) in [6, 6.07) is 0. The Bertz CT molecular complexity index is 400. The third kappa shape index (κ3) is 1.47. The molecular weight excluding hydrogens is 196 g/mol. The molecule has 1 atom stereocenters. The van der Waals surface area contributed by atoms with E-state index in [0.29, 0.717) is 5.92 Å². The van der Waals surface area contributed by atoms with Crippen molar-refractivity contribution in [1.29, 1.82) is 0 Å². The van der Waals surface area contributed by atoms with Gasteiger partial charge in [-0.1, -0.05) is 25.6 Å². The molecule has 3 nitrogen and oxygen atoms in total. The number of fused-ring (bicyclic) bond motifs is 1. The topological polar surface area (TPSA) is 34.9 Å². The number of aromatic nitrogens is 2. The van der Waals surface area contributed by atoms with Crippen molar-refractivity contribution in [3.8, 4) is 0 Å². The number of rotatable bonds is 2. The Kier molecular flexibility index (Phi) is 2.63. The van der Waals surface area contributed by atoms with Gasteiger partial charge in [-0.2, -0.15) is 0 Å². The second-order valence-electron chi connectivity index (χ2n) is 3.61. The summed E-state index contributed by atoms with van der Waals surface area (Å²) in [6.07, 6.45) is 2.74. The SMILES string of the molecule is CCC(C)c1cnc2n(c1=O)CCS2. The predicted molar refractivity (Wildman–Crippen MR) is 57.9 cm³/mol. The summed E-state index contributed by atoms with van der Waals surface area (Å²) in [7, 11) is 0. The Balaban J connectivity index is 2.50. The second-order valence-corrected chi connectivity index (χ2v) is 4.67. The van der Waals surface area contributed by atoms with Crippen LogP contribution in [0.15, 0.2) is 16.1 Å². The van der Waals surface area contributed by atoms with Gasteiger partial charge in [0.05, 0.1) is 0 Å². The molecule has 1 aliphatic heterocycles. The lowest BCUT2D eigenvalue weighted by atomic mass is 10.0. The van der Waals surface area contributed by atoms with Crippen molar-refractivity contribution >= 4 is 11.8 Å². The molecule has 2 heterocycles. The van der Waals surface area contributed by atoms with Gasteiger partial charge < -0.3 is 0 Å². The van der Waals surface area contributed by atoms with E-state index in [1.165, 1.54) is 0 Å². The highest BCUT2D eigenvalue weighted by Gasteiger charge is 2.18. The summed E-state index contributed by atoms with van der Waals surface area (Å²) in [6.45, 7) is 4.99. The molecule has 0 saturated heterocycles. The van der Waals surface area contributed by atoms with Gasteiger partial charge in [0, 0.05) is 24.1 Å². The highest BCUT2D eigenvalue weighted by atomic mass is 32.2. The summed E-state index contributed by atoms with van der Waals surface area (Å²) in [5.41, 5.74) is 1.02. The second kappa shape index (κ2) is 3.77. The van der Waals surface area contributed by atoms with Crippen LogP contribution in [0.1, 0.15) is 31.7 Å². The first-order valence-corrected chi connectivity index (χ1v) is 5.95. The maximum absolute atomic E-state index is 12.0. The van der Waals surface area contributed by atoms with Crippen LogP contribution in [-0.2, 0) is 6.54 Å². The summed E-state index contributed by atoms with van der Waals surface area (Å²) in [5.74, 6) is 1.30. The van der Waals surface area contributed by atoms with Gasteiger partial charge in [-0.05, 0) is 12.3 Å². The van der Waals surface area contributed by atoms with E-state index in [-0.39, 0.29) is 5.56 Å². The average molecular weight is 210 g/mol. The lowest BCUT2D eigenvalue weighted by Gasteiger charge is -2.09. The smallest absolute Gasteiger partial charge is 0.257 e. The fourth-order valence-corrected chi connectivity index (χ4v) is 2.50. The van der Waals surface area contributed by atoms with Crippen LogP contribution in [0.3, 0.4) is 0 Å². The van der Waals surface area contributed by atoms with E-state index < -0.39 is 0 Å². The molecular formula is C10H14N2OS. The molecule has 76 valence electrons. The zero-order chi connectivity index (χ0) is 10.1. The summed E-state index contributed by atoms with van der Waals surface area (Å²) < 4.78 is 1.80. The molecule has 0 aliphatic carbocycles. The van der Waals surface area contributed by atoms with Crippen molar-refractivity contribution in [3.63, 3.8) is 0 Å². The molecule has 0 fully saturated rings. The third-order valence-corrected chi connectivity index (χ3v) is 3.70. The molecule has 0 saturated carbocycles. The van der Waals surface area contributed by atoms with E-state index in [2.05, 4.69) is 18.8 Å². The minimum absolute atomic E-state index is 0.161. The number of hydrogen-bond acceptors (Lipinski definition) is 3. The van der Waals surface area contributed by atoms with Crippen molar-refractivity contribution in [2.45, 2.75) is 37.9 Å². The van der Waals surface area contributed by atoms with Crippen LogP contribution >= 0.6 is 11.8 Å². The van der Waals surface area contributed by atoms with Gasteiger partial charge in [-0.3, -0.25) is 9.36 Å². The first kappa shape index (κ1) is 9.77. The van der Waals surface area contributed by atoms with Crippen molar-refractivity contribution in [2.24, 2.45) is 0 Å². The molecule has 0 aromatic carbocycles. The molecule has 1 aromatic heterocycles. The first-order valence-electron chi connectivity index (χ1n) is 4.96. The van der Waals surface area contributed by atoms with Crippen LogP contribution in [0.2, 0.25) is 0 Å². The van der Waals surface area contributed by atoms with Crippen LogP contribution in [0.4, 0.5) is 0 Å². The van der Waals surface area contributed by atoms with Crippen LogP contribution in [0.5, 0.6) is 0 Å². The van der Waals surface area contributed by atoms with Gasteiger partial charge in [-0.25, -0.2) is 4.98 Å². The fraction of sp³-hybridized carbons (Fsp3) is 0.600. The number of hydrogen-bond donors (Lipinski definition) is 0. The van der Waals surface area contributed by atoms with Gasteiger partial charge in [0.1, 0.15) is 0 Å². The quantitative estimate of drug-likeness (QED) is 0.699. The van der Waals surface area contributed by atoms with Crippen LogP contribution in [0, 0.1) is 0 Å². The van der Waals surface area contributed by atoms with E-state index in [0.717, 1.165) is 29.4 Å². The maximum atomic E-state index is 12.0. The Labute approximate surface area is 87.5 Å². The lowest BCUT2D eigenvalue weighted by Crippen LogP contribution is -2.25. The lowest BCUT2D eigenvalue weighted by molar-refractivity contribution is 0.616. The predicted octanol–water partition coefficient (Wildman–Crippen LogP) is 1.86. The van der Waals surface area contributed by atoms with Crippen molar-refractivity contribution in [3.05, 3.63) is 22.1 Å². The Morgan fingerprint density at radius 2 is 2.50 bits per heavy atom. The van der Waals surface area contributed by atoms with Gasteiger partial charge in [0.15, 0.2) is 5.16 Å². The number of thioether (sulfide) groups is 1. The third-order valence-electron chi connectivity index (χ3n) is 2.73. The van der Waals surface area contributed by atoms with Crippen LogP contribution in [0.25, 0.3) is 0 Å². The van der Waals surface area contributed by atoms with Crippen molar-refractivity contribution in [2.75, 3.05) is 5.75 Å². The van der Waals surface area contributed by atoms with Crippen molar-refractivity contribution in [1.82, 2.24) is 9.55 Å². The number of nitrogens with zero attached hydrogens (tertiary/aromatic N) is 2. The summed E-state index contributed by atoms with van der Waals surface area (Å²) >= 11 is 1.66. The standard InChI is InChI=1S/C10H14N2OS/c1-3-7(2)8-6-11-10-12(9(8)13)4-5-14-10/h6-7H,3-5H2,1-2H3. The van der Waals surface area contributed by atoms with Crippen LogP contribution < -0.4 is 5.56 Å². The van der Waals surface area contributed by atoms with E-state index in [1.54, 1.807) is 22.5 Å². The van der Waals surface area contributed by atoms with Crippen molar-refractivity contribution < 1.29 is 0 Å². The van der Waals surface area contributed by atoms with Gasteiger partial charge in [0.25, 0.3) is 5.56 Å². The highest BCUT2D eigenvalue weighted by molar-refractivity contribution is 7.99. The molecule has 0 bridgehead atoms. The maximum Gasteiger partial charge on any atom is 0.257 e. The molecule has 14 heavy (non-hydrogen) atoms.